The molecular weight excluding hydrogens is 490 g/mol. The minimum Gasteiger partial charge on any atom is -0.507 e. The minimum atomic E-state index is -0.361. The quantitative estimate of drug-likeness (QED) is 0.139. The standard InChI is InChI=1S/C33H55NO3S/c1-6-7-8-9-10-11-12-13-14-15-16-17-18-19-20-21-22-34-30(35)25-29(32(34)37)38-27-23-26(2)31(36)28(24-27)33(3,4)5/h23-24,29,36H,6-22,25H2,1-5H3. The third-order valence-electron chi connectivity index (χ3n) is 7.80. The van der Waals surface area contributed by atoms with Crippen LogP contribution >= 0.6 is 11.8 Å². The van der Waals surface area contributed by atoms with Gasteiger partial charge in [0, 0.05) is 23.4 Å². The van der Waals surface area contributed by atoms with Crippen molar-refractivity contribution in [1.29, 1.82) is 0 Å². The van der Waals surface area contributed by atoms with Crippen LogP contribution in [-0.2, 0) is 15.0 Å². The Morgan fingerprint density at radius 1 is 0.816 bits per heavy atom. The smallest absolute Gasteiger partial charge is 0.243 e. The van der Waals surface area contributed by atoms with Gasteiger partial charge in [0.15, 0.2) is 0 Å². The minimum absolute atomic E-state index is 0.0417. The number of thioether (sulfide) groups is 1. The monoisotopic (exact) mass is 545 g/mol. The van der Waals surface area contributed by atoms with Gasteiger partial charge < -0.3 is 5.11 Å². The van der Waals surface area contributed by atoms with Gasteiger partial charge in [0.05, 0.1) is 5.25 Å². The normalized spacial score (nSPS) is 16.1. The molecule has 1 aliphatic rings. The molecule has 4 nitrogen and oxygen atoms in total. The molecule has 0 spiro atoms. The van der Waals surface area contributed by atoms with Crippen molar-refractivity contribution >= 4 is 23.6 Å². The lowest BCUT2D eigenvalue weighted by Crippen LogP contribution is -2.32. The number of hydrogen-bond acceptors (Lipinski definition) is 4. The topological polar surface area (TPSA) is 57.6 Å². The van der Waals surface area contributed by atoms with Gasteiger partial charge in [0.25, 0.3) is 0 Å². The molecule has 2 amide bonds. The molecule has 0 saturated carbocycles. The Bertz CT molecular complexity index is 861. The summed E-state index contributed by atoms with van der Waals surface area (Å²) in [5, 5.41) is 10.1. The first-order valence-electron chi connectivity index (χ1n) is 15.5. The molecule has 5 heteroatoms. The fourth-order valence-electron chi connectivity index (χ4n) is 5.35. The third-order valence-corrected chi connectivity index (χ3v) is 8.96. The molecule has 1 aromatic rings. The number of nitrogens with zero attached hydrogens (tertiary/aromatic N) is 1. The fraction of sp³-hybridized carbons (Fsp3) is 0.758. The van der Waals surface area contributed by atoms with E-state index in [2.05, 4.69) is 27.7 Å². The summed E-state index contributed by atoms with van der Waals surface area (Å²) in [5.74, 6) is 0.227. The van der Waals surface area contributed by atoms with Crippen LogP contribution in [0.3, 0.4) is 0 Å². The Hall–Kier alpha value is -1.49. The zero-order valence-electron chi connectivity index (χ0n) is 25.1. The maximum absolute atomic E-state index is 13.0. The van der Waals surface area contributed by atoms with E-state index < -0.39 is 0 Å². The Labute approximate surface area is 237 Å². The number of imide groups is 1. The largest absolute Gasteiger partial charge is 0.507 e. The van der Waals surface area contributed by atoms with Gasteiger partial charge in [-0.15, -0.1) is 11.8 Å². The predicted octanol–water partition coefficient (Wildman–Crippen LogP) is 9.48. The third kappa shape index (κ3) is 11.3. The van der Waals surface area contributed by atoms with Gasteiger partial charge >= 0.3 is 0 Å². The van der Waals surface area contributed by atoms with E-state index in [0.717, 1.165) is 28.9 Å². The van der Waals surface area contributed by atoms with Crippen molar-refractivity contribution in [2.45, 2.75) is 159 Å². The van der Waals surface area contributed by atoms with E-state index in [1.165, 1.54) is 107 Å². The maximum atomic E-state index is 13.0. The highest BCUT2D eigenvalue weighted by Crippen LogP contribution is 2.39. The Balaban J connectivity index is 1.57. The summed E-state index contributed by atoms with van der Waals surface area (Å²) in [4.78, 5) is 28.0. The van der Waals surface area contributed by atoms with Crippen LogP contribution in [-0.4, -0.2) is 33.6 Å². The van der Waals surface area contributed by atoms with Gasteiger partial charge in [-0.2, -0.15) is 0 Å². The van der Waals surface area contributed by atoms with Gasteiger partial charge in [-0.1, -0.05) is 124 Å². The van der Waals surface area contributed by atoms with Crippen molar-refractivity contribution in [3.8, 4) is 5.75 Å². The first kappa shape index (κ1) is 32.7. The summed E-state index contributed by atoms with van der Waals surface area (Å²) in [6.07, 6.45) is 21.3. The number of carbonyl (C=O) groups is 2. The second-order valence-corrected chi connectivity index (χ2v) is 13.7. The average molecular weight is 546 g/mol. The number of benzene rings is 1. The molecule has 1 fully saturated rings. The highest BCUT2D eigenvalue weighted by Gasteiger charge is 2.39. The van der Waals surface area contributed by atoms with Crippen molar-refractivity contribution in [3.63, 3.8) is 0 Å². The number of aryl methyl sites for hydroxylation is 1. The zero-order chi connectivity index (χ0) is 28.0. The summed E-state index contributed by atoms with van der Waals surface area (Å²) in [6, 6.07) is 3.90. The summed E-state index contributed by atoms with van der Waals surface area (Å²) < 4.78 is 0. The molecule has 1 aliphatic heterocycles. The van der Waals surface area contributed by atoms with Crippen LogP contribution < -0.4 is 0 Å². The molecule has 1 saturated heterocycles. The van der Waals surface area contributed by atoms with E-state index in [9.17, 15) is 14.7 Å². The summed E-state index contributed by atoms with van der Waals surface area (Å²) >= 11 is 1.46. The van der Waals surface area contributed by atoms with Crippen LogP contribution in [0.4, 0.5) is 0 Å². The molecule has 1 N–H and O–H groups in total. The number of carbonyl (C=O) groups excluding carboxylic acids is 2. The molecule has 1 unspecified atom stereocenters. The summed E-state index contributed by atoms with van der Waals surface area (Å²) in [7, 11) is 0. The molecule has 0 aliphatic carbocycles. The predicted molar refractivity (Wildman–Crippen MR) is 162 cm³/mol. The van der Waals surface area contributed by atoms with Crippen LogP contribution in [0.15, 0.2) is 17.0 Å². The van der Waals surface area contributed by atoms with E-state index in [1.807, 2.05) is 19.1 Å². The molecule has 0 radical (unpaired) electrons. The number of unbranched alkanes of at least 4 members (excludes halogenated alkanes) is 15. The Kier molecular flexibility index (Phi) is 14.9. The van der Waals surface area contributed by atoms with Gasteiger partial charge in [-0.25, -0.2) is 0 Å². The van der Waals surface area contributed by atoms with Crippen molar-refractivity contribution in [2.75, 3.05) is 6.54 Å². The molecule has 0 aromatic heterocycles. The fourth-order valence-corrected chi connectivity index (χ4v) is 6.56. The lowest BCUT2D eigenvalue weighted by Gasteiger charge is -2.23. The van der Waals surface area contributed by atoms with E-state index >= 15 is 0 Å². The molecule has 1 atom stereocenters. The van der Waals surface area contributed by atoms with Crippen molar-refractivity contribution in [1.82, 2.24) is 4.90 Å². The van der Waals surface area contributed by atoms with Crippen molar-refractivity contribution in [3.05, 3.63) is 23.3 Å². The van der Waals surface area contributed by atoms with Crippen LogP contribution in [0, 0.1) is 6.92 Å². The van der Waals surface area contributed by atoms with E-state index in [4.69, 9.17) is 0 Å². The Morgan fingerprint density at radius 2 is 1.29 bits per heavy atom. The first-order valence-corrected chi connectivity index (χ1v) is 16.4. The second-order valence-electron chi connectivity index (χ2n) is 12.4. The number of aromatic hydroxyl groups is 1. The molecule has 38 heavy (non-hydrogen) atoms. The van der Waals surface area contributed by atoms with Crippen LogP contribution in [0.5, 0.6) is 5.75 Å². The molecule has 2 rings (SSSR count). The summed E-state index contributed by atoms with van der Waals surface area (Å²) in [5.41, 5.74) is 1.49. The van der Waals surface area contributed by atoms with Gasteiger partial charge in [-0.3, -0.25) is 14.5 Å². The molecule has 0 bridgehead atoms. The number of likely N-dealkylation sites (tertiary alicyclic amines) is 1. The summed E-state index contributed by atoms with van der Waals surface area (Å²) in [6.45, 7) is 10.9. The van der Waals surface area contributed by atoms with Gasteiger partial charge in [0.1, 0.15) is 5.75 Å². The number of rotatable bonds is 19. The SMILES string of the molecule is CCCCCCCCCCCCCCCCCCN1C(=O)CC(Sc2cc(C)c(O)c(C(C)(C)C)c2)C1=O. The lowest BCUT2D eigenvalue weighted by molar-refractivity contribution is -0.138. The zero-order valence-corrected chi connectivity index (χ0v) is 25.9. The molecule has 216 valence electrons. The van der Waals surface area contributed by atoms with Gasteiger partial charge in [-0.05, 0) is 36.5 Å². The van der Waals surface area contributed by atoms with Crippen LogP contribution in [0.25, 0.3) is 0 Å². The van der Waals surface area contributed by atoms with Gasteiger partial charge in [0.2, 0.25) is 11.8 Å². The lowest BCUT2D eigenvalue weighted by atomic mass is 9.85. The molecular formula is C33H55NO3S. The average Bonchev–Trinajstić information content (AvgIpc) is 3.12. The molecule has 1 heterocycles. The highest BCUT2D eigenvalue weighted by atomic mass is 32.2. The van der Waals surface area contributed by atoms with E-state index in [-0.39, 0.29) is 28.9 Å². The van der Waals surface area contributed by atoms with E-state index in [0.29, 0.717) is 12.3 Å². The number of amides is 2. The number of phenolic OH excluding ortho intramolecular Hbond substituents is 1. The van der Waals surface area contributed by atoms with Crippen LogP contribution in [0.1, 0.15) is 148 Å². The molecule has 1 aromatic carbocycles. The second kappa shape index (κ2) is 17.3. The van der Waals surface area contributed by atoms with Crippen molar-refractivity contribution < 1.29 is 14.7 Å². The van der Waals surface area contributed by atoms with Crippen LogP contribution in [0.2, 0.25) is 0 Å². The number of phenols is 1. The van der Waals surface area contributed by atoms with E-state index in [1.54, 1.807) is 0 Å². The highest BCUT2D eigenvalue weighted by molar-refractivity contribution is 8.00. The van der Waals surface area contributed by atoms with Crippen molar-refractivity contribution in [2.24, 2.45) is 0 Å². The number of hydrogen-bond donors (Lipinski definition) is 1. The first-order chi connectivity index (χ1) is 18.1. The maximum Gasteiger partial charge on any atom is 0.243 e. The Morgan fingerprint density at radius 3 is 1.76 bits per heavy atom.